The van der Waals surface area contributed by atoms with Crippen molar-refractivity contribution in [1.82, 2.24) is 4.98 Å². The summed E-state index contributed by atoms with van der Waals surface area (Å²) in [6.07, 6.45) is 11.8. The molecule has 0 saturated heterocycles. The molecule has 1 atom stereocenters. The van der Waals surface area contributed by atoms with Gasteiger partial charge in [-0.1, -0.05) is 19.3 Å². The first-order valence-electron chi connectivity index (χ1n) is 7.57. The molecular weight excluding hydrogens is 300 g/mol. The highest BCUT2D eigenvalue weighted by atomic mass is 35.5. The molecule has 2 aliphatic rings. The monoisotopic (exact) mass is 316 g/mol. The first kappa shape index (κ1) is 15.1. The van der Waals surface area contributed by atoms with Gasteiger partial charge in [0, 0.05) is 18.3 Å². The van der Waals surface area contributed by atoms with E-state index in [0.29, 0.717) is 11.3 Å². The smallest absolute Gasteiger partial charge is 0.253 e. The highest BCUT2D eigenvalue weighted by molar-refractivity contribution is 6.67. The molecule has 1 unspecified atom stereocenters. The lowest BCUT2D eigenvalue weighted by Crippen LogP contribution is -2.37. The number of hydrogen-bond donors (Lipinski definition) is 0. The second kappa shape index (κ2) is 6.13. The number of halogens is 1. The molecule has 0 amide bonds. The predicted octanol–water partition coefficient (Wildman–Crippen LogP) is 3.45. The Kier molecular flexibility index (Phi) is 4.21. The lowest BCUT2D eigenvalue weighted by Gasteiger charge is -2.29. The van der Waals surface area contributed by atoms with Crippen molar-refractivity contribution < 1.29 is 9.59 Å². The lowest BCUT2D eigenvalue weighted by atomic mass is 9.77. The van der Waals surface area contributed by atoms with Crippen LogP contribution < -0.4 is 0 Å². The molecule has 4 nitrogen and oxygen atoms in total. The maximum Gasteiger partial charge on any atom is 0.253 e. The Morgan fingerprint density at radius 1 is 1.18 bits per heavy atom. The number of aliphatic imine (C=N–C) groups is 1. The van der Waals surface area contributed by atoms with E-state index >= 15 is 0 Å². The van der Waals surface area contributed by atoms with Gasteiger partial charge in [0.1, 0.15) is 0 Å². The molecular formula is C17H17ClN2O2. The maximum absolute atomic E-state index is 13.0. The van der Waals surface area contributed by atoms with Gasteiger partial charge in [0.2, 0.25) is 0 Å². The molecule has 0 aromatic carbocycles. The van der Waals surface area contributed by atoms with Gasteiger partial charge in [0.15, 0.2) is 11.3 Å². The van der Waals surface area contributed by atoms with Gasteiger partial charge in [-0.15, -0.1) is 0 Å². The average Bonchev–Trinajstić information content (AvgIpc) is 3.06. The summed E-state index contributed by atoms with van der Waals surface area (Å²) in [6.45, 7) is 0. The van der Waals surface area contributed by atoms with Crippen molar-refractivity contribution in [3.05, 3.63) is 41.7 Å². The number of rotatable bonds is 4. The van der Waals surface area contributed by atoms with Crippen LogP contribution >= 0.6 is 11.6 Å². The number of Topliss-reactive ketones (excluding diaryl/α,β-unsaturated/α-hetero) is 1. The molecule has 3 rings (SSSR count). The molecule has 0 radical (unpaired) electrons. The van der Waals surface area contributed by atoms with Gasteiger partial charge >= 0.3 is 0 Å². The summed E-state index contributed by atoms with van der Waals surface area (Å²) < 4.78 is 0. The van der Waals surface area contributed by atoms with Gasteiger partial charge in [-0.2, -0.15) is 0 Å². The van der Waals surface area contributed by atoms with Crippen LogP contribution in [0.5, 0.6) is 0 Å². The molecule has 0 N–H and O–H groups in total. The third kappa shape index (κ3) is 2.63. The van der Waals surface area contributed by atoms with Crippen molar-refractivity contribution in [2.45, 2.75) is 37.6 Å². The minimum absolute atomic E-state index is 0.0322. The van der Waals surface area contributed by atoms with Gasteiger partial charge in [-0.3, -0.25) is 19.6 Å². The molecule has 22 heavy (non-hydrogen) atoms. The zero-order chi connectivity index (χ0) is 15.6. The summed E-state index contributed by atoms with van der Waals surface area (Å²) in [5.74, 6) is 0.138. The maximum atomic E-state index is 13.0. The molecule has 1 aromatic heterocycles. The largest absolute Gasteiger partial charge is 0.296 e. The van der Waals surface area contributed by atoms with E-state index in [1.165, 1.54) is 12.6 Å². The minimum Gasteiger partial charge on any atom is -0.296 e. The Bertz CT molecular complexity index is 631. The highest BCUT2D eigenvalue weighted by Gasteiger charge is 2.43. The van der Waals surface area contributed by atoms with Crippen molar-refractivity contribution in [3.63, 3.8) is 0 Å². The van der Waals surface area contributed by atoms with Crippen LogP contribution in [0.25, 0.3) is 0 Å². The summed E-state index contributed by atoms with van der Waals surface area (Å²) in [7, 11) is 0. The highest BCUT2D eigenvalue weighted by Crippen LogP contribution is 2.37. The number of carbonyl (C=O) groups excluding carboxylic acids is 2. The second-order valence-electron chi connectivity index (χ2n) is 5.81. The van der Waals surface area contributed by atoms with Crippen LogP contribution in [0.1, 0.15) is 48.2 Å². The lowest BCUT2D eigenvalue weighted by molar-refractivity contribution is -0.127. The third-order valence-corrected chi connectivity index (χ3v) is 4.65. The summed E-state index contributed by atoms with van der Waals surface area (Å²) in [5, 5.41) is -0.558. The molecule has 1 saturated carbocycles. The van der Waals surface area contributed by atoms with Crippen molar-refractivity contribution in [2.24, 2.45) is 10.9 Å². The van der Waals surface area contributed by atoms with E-state index in [4.69, 9.17) is 11.6 Å². The fourth-order valence-corrected chi connectivity index (χ4v) is 3.33. The molecule has 1 fully saturated rings. The van der Waals surface area contributed by atoms with Crippen LogP contribution in [-0.2, 0) is 10.3 Å². The Balaban J connectivity index is 1.94. The Hall–Kier alpha value is -1.81. The fraction of sp³-hybridized carbons (Fsp3) is 0.412. The number of pyridine rings is 1. The van der Waals surface area contributed by atoms with E-state index in [-0.39, 0.29) is 11.7 Å². The summed E-state index contributed by atoms with van der Waals surface area (Å²) in [4.78, 5) is 32.9. The standard InChI is InChI=1S/C17H17ClN2O2/c18-16(22)13-7-8-14(19-11-13)17(9-4-10-20-17)15(21)12-5-2-1-3-6-12/h4,7-12H,1-3,5-6H2. The minimum atomic E-state index is -1.03. The number of nitrogens with zero attached hydrogens (tertiary/aromatic N) is 2. The van der Waals surface area contributed by atoms with E-state index in [0.717, 1.165) is 25.7 Å². The predicted molar refractivity (Wildman–Crippen MR) is 85.3 cm³/mol. The molecule has 5 heteroatoms. The van der Waals surface area contributed by atoms with Gasteiger partial charge in [0.05, 0.1) is 11.3 Å². The van der Waals surface area contributed by atoms with Crippen LogP contribution in [0, 0.1) is 5.92 Å². The molecule has 1 aliphatic heterocycles. The van der Waals surface area contributed by atoms with Gasteiger partial charge in [0.25, 0.3) is 5.24 Å². The topological polar surface area (TPSA) is 59.4 Å². The van der Waals surface area contributed by atoms with Gasteiger partial charge in [-0.25, -0.2) is 0 Å². The van der Waals surface area contributed by atoms with E-state index in [2.05, 4.69) is 9.98 Å². The van der Waals surface area contributed by atoms with Crippen LogP contribution in [0.3, 0.4) is 0 Å². The van der Waals surface area contributed by atoms with Crippen molar-refractivity contribution in [3.8, 4) is 0 Å². The number of ketones is 1. The van der Waals surface area contributed by atoms with Crippen molar-refractivity contribution in [1.29, 1.82) is 0 Å². The Morgan fingerprint density at radius 2 is 1.95 bits per heavy atom. The summed E-state index contributed by atoms with van der Waals surface area (Å²) >= 11 is 5.44. The van der Waals surface area contributed by atoms with Crippen molar-refractivity contribution in [2.75, 3.05) is 0 Å². The van der Waals surface area contributed by atoms with Crippen LogP contribution in [0.4, 0.5) is 0 Å². The molecule has 2 heterocycles. The van der Waals surface area contributed by atoms with Gasteiger partial charge in [-0.05, 0) is 48.7 Å². The number of aromatic nitrogens is 1. The number of carbonyl (C=O) groups is 2. The van der Waals surface area contributed by atoms with Crippen LogP contribution in [0.2, 0.25) is 0 Å². The number of hydrogen-bond acceptors (Lipinski definition) is 4. The van der Waals surface area contributed by atoms with E-state index in [1.807, 2.05) is 0 Å². The second-order valence-corrected chi connectivity index (χ2v) is 6.15. The van der Waals surface area contributed by atoms with Crippen LogP contribution in [-0.4, -0.2) is 22.2 Å². The van der Waals surface area contributed by atoms with Gasteiger partial charge < -0.3 is 0 Å². The Morgan fingerprint density at radius 3 is 2.50 bits per heavy atom. The molecule has 0 bridgehead atoms. The fourth-order valence-electron chi connectivity index (χ4n) is 3.22. The van der Waals surface area contributed by atoms with Crippen molar-refractivity contribution >= 4 is 28.8 Å². The molecule has 1 aliphatic carbocycles. The van der Waals surface area contributed by atoms with Crippen LogP contribution in [0.15, 0.2) is 35.5 Å². The average molecular weight is 317 g/mol. The first-order chi connectivity index (χ1) is 10.6. The zero-order valence-electron chi connectivity index (χ0n) is 12.2. The van der Waals surface area contributed by atoms with E-state index in [9.17, 15) is 9.59 Å². The molecule has 114 valence electrons. The molecule has 0 spiro atoms. The zero-order valence-corrected chi connectivity index (χ0v) is 12.9. The van der Waals surface area contributed by atoms with E-state index in [1.54, 1.807) is 30.5 Å². The summed E-state index contributed by atoms with van der Waals surface area (Å²) in [6, 6.07) is 3.26. The molecule has 1 aromatic rings. The number of allylic oxidation sites excluding steroid dienone is 1. The van der Waals surface area contributed by atoms with E-state index < -0.39 is 10.8 Å². The Labute approximate surface area is 134 Å². The summed E-state index contributed by atoms with van der Waals surface area (Å²) in [5.41, 5.74) is -0.165. The first-order valence-corrected chi connectivity index (χ1v) is 7.95. The normalized spacial score (nSPS) is 24.6. The third-order valence-electron chi connectivity index (χ3n) is 4.43. The quantitative estimate of drug-likeness (QED) is 0.799. The SMILES string of the molecule is O=C(Cl)c1ccc(C2(C(=O)C3CCCCC3)C=CC=N2)nc1.